The molecule has 0 spiro atoms. The highest BCUT2D eigenvalue weighted by Gasteiger charge is 2.17. The Morgan fingerprint density at radius 3 is 2.60 bits per heavy atom. The van der Waals surface area contributed by atoms with E-state index >= 15 is 0 Å². The zero-order chi connectivity index (χ0) is 14.9. The quantitative estimate of drug-likeness (QED) is 0.931. The van der Waals surface area contributed by atoms with Gasteiger partial charge in [-0.05, 0) is 40.2 Å². The minimum absolute atomic E-state index is 0.00426. The number of carbonyl (C=O) groups is 1. The second kappa shape index (κ2) is 5.48. The first-order valence-corrected chi connectivity index (χ1v) is 6.64. The van der Waals surface area contributed by atoms with Crippen LogP contribution in [0.5, 0.6) is 0 Å². The number of rotatable bonds is 4. The highest BCUT2D eigenvalue weighted by atomic mass is 16.5. The molecular formula is C14H20N4O2. The molecule has 0 bridgehead atoms. The summed E-state index contributed by atoms with van der Waals surface area (Å²) in [6, 6.07) is 1.69. The summed E-state index contributed by atoms with van der Waals surface area (Å²) in [7, 11) is 0. The minimum Gasteiger partial charge on any atom is -0.360 e. The lowest BCUT2D eigenvalue weighted by molar-refractivity contribution is -0.116. The summed E-state index contributed by atoms with van der Waals surface area (Å²) < 4.78 is 6.81. The molecule has 2 aromatic heterocycles. The predicted molar refractivity (Wildman–Crippen MR) is 75.6 cm³/mol. The molecule has 0 saturated heterocycles. The van der Waals surface area contributed by atoms with Gasteiger partial charge in [0.1, 0.15) is 5.76 Å². The zero-order valence-electron chi connectivity index (χ0n) is 12.5. The number of aromatic nitrogens is 3. The maximum absolute atomic E-state index is 12.0. The van der Waals surface area contributed by atoms with Crippen LogP contribution in [-0.4, -0.2) is 20.8 Å². The molecular weight excluding hydrogens is 256 g/mol. The Labute approximate surface area is 118 Å². The summed E-state index contributed by atoms with van der Waals surface area (Å²) in [4.78, 5) is 12.0. The molecule has 20 heavy (non-hydrogen) atoms. The van der Waals surface area contributed by atoms with Gasteiger partial charge in [-0.25, -0.2) is 0 Å². The van der Waals surface area contributed by atoms with E-state index < -0.39 is 0 Å². The van der Waals surface area contributed by atoms with Crippen LogP contribution in [0.2, 0.25) is 0 Å². The van der Waals surface area contributed by atoms with Gasteiger partial charge in [-0.1, -0.05) is 5.16 Å². The Balaban J connectivity index is 2.02. The molecule has 0 aliphatic heterocycles. The summed E-state index contributed by atoms with van der Waals surface area (Å²) in [5, 5.41) is 10.9. The molecule has 2 heterocycles. The normalized spacial score (nSPS) is 12.4. The minimum atomic E-state index is -0.101. The van der Waals surface area contributed by atoms with Gasteiger partial charge in [0.2, 0.25) is 5.91 Å². The average Bonchev–Trinajstić information content (AvgIpc) is 2.88. The summed E-state index contributed by atoms with van der Waals surface area (Å²) in [5.41, 5.74) is 3.27. The third kappa shape index (κ3) is 2.89. The molecule has 6 nitrogen and oxygen atoms in total. The van der Waals surface area contributed by atoms with E-state index in [4.69, 9.17) is 4.52 Å². The first-order chi connectivity index (χ1) is 9.38. The van der Waals surface area contributed by atoms with Crippen LogP contribution >= 0.6 is 0 Å². The second-order valence-corrected chi connectivity index (χ2v) is 5.16. The van der Waals surface area contributed by atoms with Gasteiger partial charge in [-0.2, -0.15) is 5.10 Å². The lowest BCUT2D eigenvalue weighted by Crippen LogP contribution is -2.19. The average molecular weight is 276 g/mol. The molecule has 2 aromatic rings. The first kappa shape index (κ1) is 14.3. The van der Waals surface area contributed by atoms with Gasteiger partial charge in [0.25, 0.3) is 0 Å². The molecule has 1 amide bonds. The molecule has 2 rings (SSSR count). The van der Waals surface area contributed by atoms with Crippen LogP contribution in [0, 0.1) is 27.7 Å². The van der Waals surface area contributed by atoms with Crippen molar-refractivity contribution in [2.75, 3.05) is 5.32 Å². The Bertz CT molecular complexity index is 627. The van der Waals surface area contributed by atoms with Crippen LogP contribution in [0.3, 0.4) is 0 Å². The van der Waals surface area contributed by atoms with E-state index in [1.54, 1.807) is 13.0 Å². The predicted octanol–water partition coefficient (Wildman–Crippen LogP) is 2.69. The van der Waals surface area contributed by atoms with Gasteiger partial charge in [0, 0.05) is 18.2 Å². The molecule has 1 atom stereocenters. The standard InChI is InChI=1S/C14H20N4O2/c1-8(18-12(5)10(3)11(4)16-18)6-14(19)15-13-7-9(2)20-17-13/h7-8H,6H2,1-5H3,(H,15,17,19)/t8-/m0/s1. The Morgan fingerprint density at radius 1 is 1.40 bits per heavy atom. The molecule has 1 N–H and O–H groups in total. The van der Waals surface area contributed by atoms with E-state index in [0.29, 0.717) is 18.0 Å². The zero-order valence-corrected chi connectivity index (χ0v) is 12.5. The molecule has 0 aliphatic rings. The third-order valence-corrected chi connectivity index (χ3v) is 3.48. The fourth-order valence-electron chi connectivity index (χ4n) is 2.15. The fraction of sp³-hybridized carbons (Fsp3) is 0.500. The maximum Gasteiger partial charge on any atom is 0.227 e. The molecule has 108 valence electrons. The van der Waals surface area contributed by atoms with Crippen molar-refractivity contribution in [1.82, 2.24) is 14.9 Å². The molecule has 0 aromatic carbocycles. The molecule has 0 saturated carbocycles. The Morgan fingerprint density at radius 2 is 2.10 bits per heavy atom. The van der Waals surface area contributed by atoms with Gasteiger partial charge in [-0.15, -0.1) is 0 Å². The summed E-state index contributed by atoms with van der Waals surface area (Å²) in [6.07, 6.45) is 0.341. The number of aryl methyl sites for hydroxylation is 2. The van der Waals surface area contributed by atoms with E-state index in [9.17, 15) is 4.79 Å². The molecule has 0 radical (unpaired) electrons. The van der Waals surface area contributed by atoms with Crippen molar-refractivity contribution in [3.63, 3.8) is 0 Å². The largest absolute Gasteiger partial charge is 0.360 e. The fourth-order valence-corrected chi connectivity index (χ4v) is 2.15. The van der Waals surface area contributed by atoms with Crippen LogP contribution in [0.25, 0.3) is 0 Å². The van der Waals surface area contributed by atoms with Crippen LogP contribution in [0.4, 0.5) is 5.82 Å². The van der Waals surface area contributed by atoms with Crippen LogP contribution in [-0.2, 0) is 4.79 Å². The van der Waals surface area contributed by atoms with Crippen molar-refractivity contribution >= 4 is 11.7 Å². The van der Waals surface area contributed by atoms with Gasteiger partial charge in [0.05, 0.1) is 11.7 Å². The number of hydrogen-bond donors (Lipinski definition) is 1. The SMILES string of the molecule is Cc1cc(NC(=O)C[C@H](C)n2nc(C)c(C)c2C)no1. The van der Waals surface area contributed by atoms with Crippen molar-refractivity contribution < 1.29 is 9.32 Å². The number of anilines is 1. The number of amides is 1. The van der Waals surface area contributed by atoms with Gasteiger partial charge in [-0.3, -0.25) is 9.48 Å². The van der Waals surface area contributed by atoms with Crippen LogP contribution in [0.15, 0.2) is 10.6 Å². The number of carbonyl (C=O) groups excluding carboxylic acids is 1. The van der Waals surface area contributed by atoms with E-state index in [-0.39, 0.29) is 11.9 Å². The van der Waals surface area contributed by atoms with Gasteiger partial charge >= 0.3 is 0 Å². The second-order valence-electron chi connectivity index (χ2n) is 5.16. The summed E-state index contributed by atoms with van der Waals surface area (Å²) in [5.74, 6) is 1.02. The van der Waals surface area contributed by atoms with Gasteiger partial charge < -0.3 is 9.84 Å². The van der Waals surface area contributed by atoms with Crippen molar-refractivity contribution in [2.24, 2.45) is 0 Å². The molecule has 0 unspecified atom stereocenters. The smallest absolute Gasteiger partial charge is 0.227 e. The van der Waals surface area contributed by atoms with E-state index in [1.165, 1.54) is 5.56 Å². The summed E-state index contributed by atoms with van der Waals surface area (Å²) >= 11 is 0. The lowest BCUT2D eigenvalue weighted by atomic mass is 10.2. The molecule has 0 aliphatic carbocycles. The van der Waals surface area contributed by atoms with Crippen molar-refractivity contribution in [3.8, 4) is 0 Å². The topological polar surface area (TPSA) is 73.0 Å². The summed E-state index contributed by atoms with van der Waals surface area (Å²) in [6.45, 7) is 9.80. The van der Waals surface area contributed by atoms with Crippen molar-refractivity contribution in [2.45, 2.75) is 47.1 Å². The monoisotopic (exact) mass is 276 g/mol. The van der Waals surface area contributed by atoms with Crippen molar-refractivity contribution in [3.05, 3.63) is 28.8 Å². The number of hydrogen-bond acceptors (Lipinski definition) is 4. The van der Waals surface area contributed by atoms with Crippen LogP contribution in [0.1, 0.15) is 42.1 Å². The molecule has 6 heteroatoms. The van der Waals surface area contributed by atoms with Crippen molar-refractivity contribution in [1.29, 1.82) is 0 Å². The van der Waals surface area contributed by atoms with E-state index in [2.05, 4.69) is 15.6 Å². The number of nitrogens with one attached hydrogen (secondary N) is 1. The number of nitrogens with zero attached hydrogens (tertiary/aromatic N) is 3. The van der Waals surface area contributed by atoms with Gasteiger partial charge in [0.15, 0.2) is 5.82 Å². The Kier molecular flexibility index (Phi) is 3.92. The highest BCUT2D eigenvalue weighted by Crippen LogP contribution is 2.19. The van der Waals surface area contributed by atoms with Crippen LogP contribution < -0.4 is 5.32 Å². The molecule has 0 fully saturated rings. The lowest BCUT2D eigenvalue weighted by Gasteiger charge is -2.13. The Hall–Kier alpha value is -2.11. The first-order valence-electron chi connectivity index (χ1n) is 6.64. The highest BCUT2D eigenvalue weighted by molar-refractivity contribution is 5.89. The maximum atomic E-state index is 12.0. The van der Waals surface area contributed by atoms with E-state index in [1.807, 2.05) is 32.4 Å². The third-order valence-electron chi connectivity index (χ3n) is 3.48. The van der Waals surface area contributed by atoms with E-state index in [0.717, 1.165) is 11.4 Å².